The van der Waals surface area contributed by atoms with Crippen molar-refractivity contribution in [3.8, 4) is 17.2 Å². The third-order valence-electron chi connectivity index (χ3n) is 5.02. The third-order valence-corrected chi connectivity index (χ3v) is 7.12. The largest absolute Gasteiger partial charge is 0.508 e. The molecule has 10 heteroatoms. The summed E-state index contributed by atoms with van der Waals surface area (Å²) >= 11 is 8.57. The number of nitrogens with two attached hydrogens (primary N) is 1. The maximum atomic E-state index is 13.3. The van der Waals surface area contributed by atoms with Crippen LogP contribution in [0.25, 0.3) is 0 Å². The molecular weight excluding hydrogens is 659 g/mol. The number of carbonyl (C=O) groups excluding carboxylic acids is 1. The minimum Gasteiger partial charge on any atom is -0.508 e. The van der Waals surface area contributed by atoms with Crippen molar-refractivity contribution in [2.45, 2.75) is 44.6 Å². The highest BCUT2D eigenvalue weighted by atomic mass is 127. The molecule has 0 amide bonds. The van der Waals surface area contributed by atoms with Gasteiger partial charge >= 0.3 is 5.97 Å². The van der Waals surface area contributed by atoms with Crippen LogP contribution < -0.4 is 14.0 Å². The van der Waals surface area contributed by atoms with Crippen LogP contribution in [0.3, 0.4) is 0 Å². The van der Waals surface area contributed by atoms with Crippen LogP contribution in [0.2, 0.25) is 0 Å². The lowest BCUT2D eigenvalue weighted by Crippen LogP contribution is -2.54. The number of unbranched alkanes of at least 4 members (excludes halogenated alkanes) is 1. The van der Waals surface area contributed by atoms with Crippen molar-refractivity contribution in [1.29, 1.82) is 0 Å². The Balaban J connectivity index is 2.40. The molecule has 0 radical (unpaired) electrons. The highest BCUT2D eigenvalue weighted by Gasteiger charge is 2.45. The van der Waals surface area contributed by atoms with Crippen molar-refractivity contribution in [1.82, 2.24) is 3.53 Å². The first-order chi connectivity index (χ1) is 15.1. The van der Waals surface area contributed by atoms with Crippen LogP contribution in [0.5, 0.6) is 17.2 Å². The Morgan fingerprint density at radius 3 is 2.31 bits per heavy atom. The maximum Gasteiger partial charge on any atom is 0.332 e. The van der Waals surface area contributed by atoms with Crippen LogP contribution in [-0.4, -0.2) is 34.0 Å². The zero-order valence-electron chi connectivity index (χ0n) is 17.6. The van der Waals surface area contributed by atoms with Crippen molar-refractivity contribution in [3.05, 3.63) is 50.4 Å². The molecule has 2 aromatic rings. The van der Waals surface area contributed by atoms with E-state index in [9.17, 15) is 19.8 Å². The number of rotatable bonds is 11. The summed E-state index contributed by atoms with van der Waals surface area (Å²) in [5.41, 5.74) is 4.72. The second-order valence-electron chi connectivity index (χ2n) is 7.63. The molecule has 2 aromatic carbocycles. The van der Waals surface area contributed by atoms with Gasteiger partial charge in [-0.3, -0.25) is 4.79 Å². The molecule has 0 aliphatic carbocycles. The number of phenolic OH excluding ortho intramolecular Hbond substituents is 1. The highest BCUT2D eigenvalue weighted by molar-refractivity contribution is 14.1. The number of aliphatic carboxylic acids is 1. The Morgan fingerprint density at radius 2 is 1.81 bits per heavy atom. The summed E-state index contributed by atoms with van der Waals surface area (Å²) in [5.74, 6) is -0.564. The van der Waals surface area contributed by atoms with E-state index in [1.54, 1.807) is 53.2 Å². The Morgan fingerprint density at radius 1 is 1.19 bits per heavy atom. The third kappa shape index (κ3) is 6.02. The van der Waals surface area contributed by atoms with Gasteiger partial charge in [0.25, 0.3) is 0 Å². The number of carboxylic acid groups (broad SMARTS) is 1. The van der Waals surface area contributed by atoms with Gasteiger partial charge in [-0.05, 0) is 93.9 Å². The Hall–Kier alpha value is -1.21. The van der Waals surface area contributed by atoms with Gasteiger partial charge in [-0.2, -0.15) is 0 Å². The van der Waals surface area contributed by atoms with Gasteiger partial charge in [0.15, 0.2) is 17.1 Å². The van der Waals surface area contributed by atoms with E-state index in [2.05, 4.69) is 35.4 Å². The molecule has 2 rings (SSSR count). The van der Waals surface area contributed by atoms with Gasteiger partial charge in [-0.1, -0.05) is 13.8 Å². The number of hydrogen-bond acceptors (Lipinski definition) is 6. The van der Waals surface area contributed by atoms with Crippen LogP contribution in [0.15, 0.2) is 39.3 Å². The average molecular weight is 684 g/mol. The van der Waals surface area contributed by atoms with Crippen LogP contribution in [0.1, 0.15) is 54.9 Å². The molecule has 0 fully saturated rings. The SMILES string of the molecule is CC(C)c1cc(Oc2c(Br)cc(C(=O)C(CCCCN)(NI)C(=O)O)cc2Br)ccc1O. The molecule has 5 N–H and O–H groups in total. The summed E-state index contributed by atoms with van der Waals surface area (Å²) in [7, 11) is 0. The second-order valence-corrected chi connectivity index (χ2v) is 9.87. The lowest BCUT2D eigenvalue weighted by molar-refractivity contribution is -0.142. The van der Waals surface area contributed by atoms with Gasteiger partial charge in [-0.25, -0.2) is 8.32 Å². The molecule has 32 heavy (non-hydrogen) atoms. The second kappa shape index (κ2) is 11.8. The van der Waals surface area contributed by atoms with Crippen LogP contribution in [-0.2, 0) is 4.79 Å². The fraction of sp³-hybridized carbons (Fsp3) is 0.364. The quantitative estimate of drug-likeness (QED) is 0.0764. The van der Waals surface area contributed by atoms with Crippen LogP contribution in [0.4, 0.5) is 0 Å². The van der Waals surface area contributed by atoms with E-state index in [0.29, 0.717) is 39.8 Å². The summed E-state index contributed by atoms with van der Waals surface area (Å²) in [6, 6.07) is 8.05. The minimum atomic E-state index is -1.76. The summed E-state index contributed by atoms with van der Waals surface area (Å²) in [4.78, 5) is 25.3. The highest BCUT2D eigenvalue weighted by Crippen LogP contribution is 2.40. The van der Waals surface area contributed by atoms with Crippen molar-refractivity contribution in [3.63, 3.8) is 0 Å². The minimum absolute atomic E-state index is 0.106. The molecular formula is C22H25Br2IN2O5. The number of phenols is 1. The topological polar surface area (TPSA) is 122 Å². The van der Waals surface area contributed by atoms with Gasteiger partial charge in [-0.15, -0.1) is 0 Å². The van der Waals surface area contributed by atoms with Crippen LogP contribution >= 0.6 is 54.7 Å². The first kappa shape index (κ1) is 27.0. The van der Waals surface area contributed by atoms with Crippen molar-refractivity contribution in [2.24, 2.45) is 5.73 Å². The van der Waals surface area contributed by atoms with E-state index in [1.807, 2.05) is 13.8 Å². The zero-order valence-corrected chi connectivity index (χ0v) is 23.0. The Kier molecular flexibility index (Phi) is 9.95. The predicted octanol–water partition coefficient (Wildman–Crippen LogP) is 5.91. The Bertz CT molecular complexity index is 979. The van der Waals surface area contributed by atoms with Gasteiger partial charge in [0, 0.05) is 34.0 Å². The summed E-state index contributed by atoms with van der Waals surface area (Å²) in [5, 5.41) is 19.9. The maximum absolute atomic E-state index is 13.3. The molecule has 0 spiro atoms. The number of nitrogens with one attached hydrogen (secondary N) is 1. The molecule has 0 saturated heterocycles. The molecule has 0 bridgehead atoms. The first-order valence-electron chi connectivity index (χ1n) is 9.93. The van der Waals surface area contributed by atoms with Gasteiger partial charge in [0.1, 0.15) is 11.5 Å². The number of aromatic hydroxyl groups is 1. The van der Waals surface area contributed by atoms with Crippen molar-refractivity contribution >= 4 is 66.5 Å². The molecule has 1 unspecified atom stereocenters. The number of benzene rings is 2. The van der Waals surface area contributed by atoms with Gasteiger partial charge in [0.2, 0.25) is 0 Å². The fourth-order valence-corrected chi connectivity index (χ4v) is 5.29. The predicted molar refractivity (Wildman–Crippen MR) is 139 cm³/mol. The fourth-order valence-electron chi connectivity index (χ4n) is 3.19. The number of ether oxygens (including phenoxy) is 1. The van der Waals surface area contributed by atoms with E-state index >= 15 is 0 Å². The molecule has 0 aliphatic heterocycles. The van der Waals surface area contributed by atoms with Gasteiger partial charge < -0.3 is 20.7 Å². The number of halogens is 3. The number of carbonyl (C=O) groups is 2. The summed E-state index contributed by atoms with van der Waals surface area (Å²) in [6.07, 6.45) is 1.22. The van der Waals surface area contributed by atoms with Crippen LogP contribution in [0, 0.1) is 0 Å². The molecule has 0 aromatic heterocycles. The summed E-state index contributed by atoms with van der Waals surface area (Å²) < 4.78 is 9.63. The van der Waals surface area contributed by atoms with E-state index in [0.717, 1.165) is 5.56 Å². The van der Waals surface area contributed by atoms with Gasteiger partial charge in [0.05, 0.1) is 8.95 Å². The molecule has 0 heterocycles. The molecule has 7 nitrogen and oxygen atoms in total. The number of ketones is 1. The number of Topliss-reactive ketones (excluding diaryl/α,β-unsaturated/α-hetero) is 1. The normalized spacial score (nSPS) is 13.1. The van der Waals surface area contributed by atoms with Crippen molar-refractivity contribution < 1.29 is 24.5 Å². The lowest BCUT2D eigenvalue weighted by Gasteiger charge is -2.27. The zero-order chi connectivity index (χ0) is 24.1. The van der Waals surface area contributed by atoms with Crippen molar-refractivity contribution in [2.75, 3.05) is 6.54 Å². The lowest BCUT2D eigenvalue weighted by atomic mass is 9.85. The summed E-state index contributed by atoms with van der Waals surface area (Å²) in [6.45, 7) is 4.35. The molecule has 0 saturated carbocycles. The standard InChI is InChI=1S/C22H25Br2IN2O5/c1-12(2)15-11-14(5-6-18(15)28)32-19-16(23)9-13(10-17(19)24)20(29)22(27-25,21(30)31)7-3-4-8-26/h5-6,9-12,27-28H,3-4,7-8,26H2,1-2H3,(H,30,31). The van der Waals surface area contributed by atoms with E-state index in [1.165, 1.54) is 0 Å². The first-order valence-corrected chi connectivity index (χ1v) is 12.6. The average Bonchev–Trinajstić information content (AvgIpc) is 2.74. The molecule has 0 aliphatic rings. The molecule has 1 atom stereocenters. The van der Waals surface area contributed by atoms with E-state index in [4.69, 9.17) is 10.5 Å². The monoisotopic (exact) mass is 682 g/mol. The number of hydrogen-bond donors (Lipinski definition) is 4. The number of carboxylic acids is 1. The van der Waals surface area contributed by atoms with E-state index in [-0.39, 0.29) is 23.7 Å². The Labute approximate surface area is 217 Å². The molecule has 174 valence electrons. The van der Waals surface area contributed by atoms with E-state index < -0.39 is 17.3 Å². The smallest absolute Gasteiger partial charge is 0.332 e.